The average molecular weight is 196 g/mol. The Morgan fingerprint density at radius 3 is 2.50 bits per heavy atom. The van der Waals surface area contributed by atoms with Gasteiger partial charge in [0.25, 0.3) is 0 Å². The molecular weight excluding hydrogens is 178 g/mol. The highest BCUT2D eigenvalue weighted by atomic mass is 16.4. The molecule has 3 nitrogen and oxygen atoms in total. The van der Waals surface area contributed by atoms with E-state index in [1.807, 2.05) is 6.08 Å². The molecular formula is C11H18NO2-. The highest BCUT2D eigenvalue weighted by Crippen LogP contribution is 2.37. The summed E-state index contributed by atoms with van der Waals surface area (Å²) in [4.78, 5) is 12.3. The van der Waals surface area contributed by atoms with Crippen molar-refractivity contribution in [3.05, 3.63) is 12.7 Å². The number of carbonyl (C=O) groups is 1. The molecule has 1 aliphatic rings. The summed E-state index contributed by atoms with van der Waals surface area (Å²) >= 11 is 0. The van der Waals surface area contributed by atoms with E-state index < -0.39 is 6.09 Å². The molecule has 0 saturated carbocycles. The fourth-order valence-electron chi connectivity index (χ4n) is 2.38. The van der Waals surface area contributed by atoms with Crippen molar-refractivity contribution in [1.29, 1.82) is 0 Å². The predicted molar refractivity (Wildman–Crippen MR) is 53.6 cm³/mol. The zero-order valence-electron chi connectivity index (χ0n) is 9.12. The first-order valence-corrected chi connectivity index (χ1v) is 4.98. The number of amides is 1. The van der Waals surface area contributed by atoms with Crippen molar-refractivity contribution in [2.75, 3.05) is 6.54 Å². The lowest BCUT2D eigenvalue weighted by Crippen LogP contribution is -2.50. The fourth-order valence-corrected chi connectivity index (χ4v) is 2.38. The van der Waals surface area contributed by atoms with Crippen molar-refractivity contribution in [2.45, 2.75) is 33.2 Å². The Bertz CT molecular complexity index is 242. The molecule has 0 N–H and O–H groups in total. The molecule has 1 rings (SSSR count). The van der Waals surface area contributed by atoms with E-state index in [1.54, 1.807) is 0 Å². The number of carboxylic acid groups (broad SMARTS) is 1. The Morgan fingerprint density at radius 1 is 1.57 bits per heavy atom. The summed E-state index contributed by atoms with van der Waals surface area (Å²) in [6, 6.07) is 0.00463. The lowest BCUT2D eigenvalue weighted by molar-refractivity contribution is -0.268. The van der Waals surface area contributed by atoms with Gasteiger partial charge in [0.1, 0.15) is 6.09 Å². The molecule has 0 aromatic heterocycles. The molecule has 1 amide bonds. The Balaban J connectivity index is 2.91. The molecule has 2 unspecified atom stereocenters. The van der Waals surface area contributed by atoms with E-state index in [0.29, 0.717) is 6.54 Å². The van der Waals surface area contributed by atoms with Crippen LogP contribution in [0.25, 0.3) is 0 Å². The smallest absolute Gasteiger partial charge is 0.137 e. The van der Waals surface area contributed by atoms with E-state index >= 15 is 0 Å². The molecule has 0 radical (unpaired) electrons. The Labute approximate surface area is 85.4 Å². The number of carbonyl (C=O) groups excluding carboxylic acids is 1. The van der Waals surface area contributed by atoms with Gasteiger partial charge in [-0.25, -0.2) is 0 Å². The van der Waals surface area contributed by atoms with Crippen molar-refractivity contribution in [2.24, 2.45) is 11.3 Å². The summed E-state index contributed by atoms with van der Waals surface area (Å²) in [7, 11) is 0. The first-order valence-electron chi connectivity index (χ1n) is 4.98. The summed E-state index contributed by atoms with van der Waals surface area (Å²) in [5.41, 5.74) is -0.0601. The van der Waals surface area contributed by atoms with E-state index in [4.69, 9.17) is 0 Å². The molecule has 0 spiro atoms. The van der Waals surface area contributed by atoms with Crippen molar-refractivity contribution < 1.29 is 9.90 Å². The Morgan fingerprint density at radius 2 is 2.14 bits per heavy atom. The molecule has 0 aliphatic carbocycles. The quantitative estimate of drug-likeness (QED) is 0.592. The van der Waals surface area contributed by atoms with Crippen LogP contribution in [0, 0.1) is 11.3 Å². The maximum Gasteiger partial charge on any atom is 0.137 e. The Hall–Kier alpha value is -0.990. The summed E-state index contributed by atoms with van der Waals surface area (Å²) in [5.74, 6) is 0.257. The maximum atomic E-state index is 10.9. The summed E-state index contributed by atoms with van der Waals surface area (Å²) < 4.78 is 0. The number of hydrogen-bond donors (Lipinski definition) is 0. The number of nitrogens with zero attached hydrogens (tertiary/aromatic N) is 1. The van der Waals surface area contributed by atoms with Crippen LogP contribution < -0.4 is 5.11 Å². The SMILES string of the molecule is C=CC1CCN(C(=O)[O-])C1C(C)(C)C. The van der Waals surface area contributed by atoms with Crippen LogP contribution in [0.4, 0.5) is 4.79 Å². The van der Waals surface area contributed by atoms with Crippen LogP contribution in [-0.4, -0.2) is 23.6 Å². The average Bonchev–Trinajstić information content (AvgIpc) is 2.45. The molecule has 3 heteroatoms. The largest absolute Gasteiger partial charge is 0.530 e. The number of rotatable bonds is 1. The van der Waals surface area contributed by atoms with Gasteiger partial charge in [0.15, 0.2) is 0 Å². The molecule has 1 heterocycles. The van der Waals surface area contributed by atoms with Crippen LogP contribution in [0.15, 0.2) is 12.7 Å². The van der Waals surface area contributed by atoms with Gasteiger partial charge >= 0.3 is 0 Å². The van der Waals surface area contributed by atoms with Crippen LogP contribution in [-0.2, 0) is 0 Å². The van der Waals surface area contributed by atoms with E-state index in [1.165, 1.54) is 4.90 Å². The van der Waals surface area contributed by atoms with Gasteiger partial charge in [-0.2, -0.15) is 0 Å². The first-order chi connectivity index (χ1) is 6.38. The molecule has 0 aromatic carbocycles. The topological polar surface area (TPSA) is 43.4 Å². The lowest BCUT2D eigenvalue weighted by atomic mass is 9.79. The molecule has 1 fully saturated rings. The van der Waals surface area contributed by atoms with Gasteiger partial charge in [-0.05, 0) is 17.8 Å². The van der Waals surface area contributed by atoms with Gasteiger partial charge in [-0.1, -0.05) is 26.8 Å². The van der Waals surface area contributed by atoms with E-state index in [9.17, 15) is 9.90 Å². The van der Waals surface area contributed by atoms with Crippen LogP contribution in [0.2, 0.25) is 0 Å². The zero-order chi connectivity index (χ0) is 10.9. The second-order valence-corrected chi connectivity index (χ2v) is 4.96. The normalized spacial score (nSPS) is 27.8. The van der Waals surface area contributed by atoms with E-state index in [-0.39, 0.29) is 17.4 Å². The van der Waals surface area contributed by atoms with Crippen LogP contribution in [0.3, 0.4) is 0 Å². The minimum atomic E-state index is -1.06. The minimum absolute atomic E-state index is 0.00463. The number of likely N-dealkylation sites (tertiary alicyclic amines) is 1. The minimum Gasteiger partial charge on any atom is -0.530 e. The third-order valence-electron chi connectivity index (χ3n) is 2.87. The van der Waals surface area contributed by atoms with Crippen LogP contribution in [0.1, 0.15) is 27.2 Å². The predicted octanol–water partition coefficient (Wildman–Crippen LogP) is 1.25. The van der Waals surface area contributed by atoms with Gasteiger partial charge < -0.3 is 14.8 Å². The molecule has 80 valence electrons. The third-order valence-corrected chi connectivity index (χ3v) is 2.87. The summed E-state index contributed by atoms with van der Waals surface area (Å²) in [6.07, 6.45) is 1.66. The van der Waals surface area contributed by atoms with Crippen molar-refractivity contribution >= 4 is 6.09 Å². The summed E-state index contributed by atoms with van der Waals surface area (Å²) in [6.45, 7) is 10.5. The molecule has 14 heavy (non-hydrogen) atoms. The van der Waals surface area contributed by atoms with Gasteiger partial charge in [0.2, 0.25) is 0 Å². The standard InChI is InChI=1S/C11H19NO2/c1-5-8-6-7-12(10(13)14)9(8)11(2,3)4/h5,8-9H,1,6-7H2,2-4H3,(H,13,14)/p-1. The molecule has 0 bridgehead atoms. The van der Waals surface area contributed by atoms with Gasteiger partial charge in [-0.15, -0.1) is 6.58 Å². The summed E-state index contributed by atoms with van der Waals surface area (Å²) in [5, 5.41) is 10.9. The van der Waals surface area contributed by atoms with Crippen molar-refractivity contribution in [1.82, 2.24) is 4.90 Å². The molecule has 0 aromatic rings. The fraction of sp³-hybridized carbons (Fsp3) is 0.727. The van der Waals surface area contributed by atoms with Gasteiger partial charge in [-0.3, -0.25) is 0 Å². The Kier molecular flexibility index (Phi) is 2.88. The van der Waals surface area contributed by atoms with E-state index in [0.717, 1.165) is 6.42 Å². The van der Waals surface area contributed by atoms with Crippen LogP contribution >= 0.6 is 0 Å². The van der Waals surface area contributed by atoms with Gasteiger partial charge in [0.05, 0.1) is 0 Å². The van der Waals surface area contributed by atoms with Crippen molar-refractivity contribution in [3.8, 4) is 0 Å². The van der Waals surface area contributed by atoms with Crippen molar-refractivity contribution in [3.63, 3.8) is 0 Å². The monoisotopic (exact) mass is 196 g/mol. The lowest BCUT2D eigenvalue weighted by Gasteiger charge is -2.39. The highest BCUT2D eigenvalue weighted by molar-refractivity contribution is 5.63. The third kappa shape index (κ3) is 1.91. The molecule has 1 aliphatic heterocycles. The van der Waals surface area contributed by atoms with E-state index in [2.05, 4.69) is 27.4 Å². The molecule has 2 atom stereocenters. The zero-order valence-corrected chi connectivity index (χ0v) is 9.12. The first kappa shape index (κ1) is 11.1. The second-order valence-electron chi connectivity index (χ2n) is 4.96. The second kappa shape index (κ2) is 3.64. The molecule has 1 saturated heterocycles. The van der Waals surface area contributed by atoms with Gasteiger partial charge in [0, 0.05) is 12.6 Å². The number of hydrogen-bond acceptors (Lipinski definition) is 2. The van der Waals surface area contributed by atoms with Crippen LogP contribution in [0.5, 0.6) is 0 Å². The highest BCUT2D eigenvalue weighted by Gasteiger charge is 2.40. The maximum absolute atomic E-state index is 10.9.